The maximum Gasteiger partial charge on any atom is 0.184 e. The molecule has 0 atom stereocenters. The lowest BCUT2D eigenvalue weighted by atomic mass is 9.97. The van der Waals surface area contributed by atoms with E-state index in [-0.39, 0.29) is 5.82 Å². The van der Waals surface area contributed by atoms with Crippen LogP contribution in [0.1, 0.15) is 24.6 Å². The Kier molecular flexibility index (Phi) is 3.29. The van der Waals surface area contributed by atoms with Crippen LogP contribution in [0, 0.1) is 5.82 Å². The number of aryl methyl sites for hydroxylation is 1. The quantitative estimate of drug-likeness (QED) is 0.899. The zero-order chi connectivity index (χ0) is 13.2. The fraction of sp³-hybridized carbons (Fsp3) is 0.429. The van der Waals surface area contributed by atoms with Crippen LogP contribution in [0.15, 0.2) is 24.3 Å². The lowest BCUT2D eigenvalue weighted by Gasteiger charge is -2.21. The van der Waals surface area contributed by atoms with Crippen LogP contribution in [0.2, 0.25) is 0 Å². The second-order valence-electron chi connectivity index (χ2n) is 4.92. The lowest BCUT2D eigenvalue weighted by Crippen LogP contribution is -2.27. The van der Waals surface area contributed by atoms with E-state index < -0.39 is 0 Å². The van der Waals surface area contributed by atoms with Crippen LogP contribution in [0.3, 0.4) is 0 Å². The van der Waals surface area contributed by atoms with Crippen molar-refractivity contribution in [2.75, 3.05) is 13.1 Å². The third-order valence-corrected chi connectivity index (χ3v) is 3.62. The average molecular weight is 260 g/mol. The molecule has 0 bridgehead atoms. The first-order chi connectivity index (χ1) is 9.25. The van der Waals surface area contributed by atoms with Crippen molar-refractivity contribution in [3.63, 3.8) is 0 Å². The van der Waals surface area contributed by atoms with Crippen LogP contribution in [0.5, 0.6) is 0 Å². The van der Waals surface area contributed by atoms with Gasteiger partial charge >= 0.3 is 0 Å². The van der Waals surface area contributed by atoms with E-state index in [4.69, 9.17) is 0 Å². The second kappa shape index (κ2) is 5.09. The number of aromatic nitrogens is 3. The van der Waals surface area contributed by atoms with Crippen LogP contribution in [0.25, 0.3) is 11.4 Å². The minimum Gasteiger partial charge on any atom is -0.317 e. The highest BCUT2D eigenvalue weighted by molar-refractivity contribution is 5.55. The van der Waals surface area contributed by atoms with E-state index in [0.717, 1.165) is 31.8 Å². The maximum absolute atomic E-state index is 13.8. The topological polar surface area (TPSA) is 42.7 Å². The zero-order valence-corrected chi connectivity index (χ0v) is 10.9. The Labute approximate surface area is 111 Å². The van der Waals surface area contributed by atoms with Gasteiger partial charge in [-0.25, -0.2) is 9.37 Å². The summed E-state index contributed by atoms with van der Waals surface area (Å²) in [4.78, 5) is 4.55. The van der Waals surface area contributed by atoms with Crippen molar-refractivity contribution in [1.29, 1.82) is 0 Å². The van der Waals surface area contributed by atoms with Crippen LogP contribution >= 0.6 is 0 Å². The first-order valence-corrected chi connectivity index (χ1v) is 6.62. The number of benzene rings is 1. The molecule has 5 heteroatoms. The highest BCUT2D eigenvalue weighted by Gasteiger charge is 2.22. The number of rotatable bonds is 2. The van der Waals surface area contributed by atoms with Crippen molar-refractivity contribution < 1.29 is 4.39 Å². The molecule has 4 nitrogen and oxygen atoms in total. The van der Waals surface area contributed by atoms with Crippen molar-refractivity contribution in [2.45, 2.75) is 18.8 Å². The first-order valence-electron chi connectivity index (χ1n) is 6.62. The molecule has 2 heterocycles. The molecule has 0 saturated carbocycles. The summed E-state index contributed by atoms with van der Waals surface area (Å²) in [5.41, 5.74) is 0.471. The van der Waals surface area contributed by atoms with E-state index in [1.807, 2.05) is 7.05 Å². The van der Waals surface area contributed by atoms with Crippen molar-refractivity contribution in [3.05, 3.63) is 35.9 Å². The van der Waals surface area contributed by atoms with Gasteiger partial charge in [-0.15, -0.1) is 0 Å². The third kappa shape index (κ3) is 2.38. The predicted octanol–water partition coefficient (Wildman–Crippen LogP) is 2.09. The van der Waals surface area contributed by atoms with Gasteiger partial charge in [0.05, 0.1) is 5.56 Å². The highest BCUT2D eigenvalue weighted by Crippen LogP contribution is 2.26. The molecule has 0 aliphatic carbocycles. The van der Waals surface area contributed by atoms with Gasteiger partial charge in [0.15, 0.2) is 5.82 Å². The minimum absolute atomic E-state index is 0.273. The molecule has 1 saturated heterocycles. The van der Waals surface area contributed by atoms with Crippen LogP contribution < -0.4 is 5.32 Å². The Morgan fingerprint density at radius 1 is 1.26 bits per heavy atom. The van der Waals surface area contributed by atoms with Gasteiger partial charge in [-0.1, -0.05) is 12.1 Å². The molecular weight excluding hydrogens is 243 g/mol. The lowest BCUT2D eigenvalue weighted by molar-refractivity contribution is 0.432. The molecule has 2 aromatic rings. The maximum atomic E-state index is 13.8. The van der Waals surface area contributed by atoms with E-state index in [1.54, 1.807) is 22.9 Å². The van der Waals surface area contributed by atoms with E-state index in [1.165, 1.54) is 6.07 Å². The third-order valence-electron chi connectivity index (χ3n) is 3.62. The van der Waals surface area contributed by atoms with Gasteiger partial charge in [-0.2, -0.15) is 5.10 Å². The summed E-state index contributed by atoms with van der Waals surface area (Å²) in [7, 11) is 1.88. The first kappa shape index (κ1) is 12.3. The molecule has 1 aliphatic heterocycles. The van der Waals surface area contributed by atoms with Crippen LogP contribution in [-0.4, -0.2) is 27.9 Å². The van der Waals surface area contributed by atoms with Gasteiger partial charge in [0.1, 0.15) is 11.6 Å². The monoisotopic (exact) mass is 260 g/mol. The summed E-state index contributed by atoms with van der Waals surface area (Å²) in [6.07, 6.45) is 2.12. The van der Waals surface area contributed by atoms with E-state index in [9.17, 15) is 4.39 Å². The number of hydrogen-bond donors (Lipinski definition) is 1. The normalized spacial score (nSPS) is 16.7. The molecule has 1 aromatic carbocycles. The molecule has 19 heavy (non-hydrogen) atoms. The largest absolute Gasteiger partial charge is 0.317 e. The molecule has 0 unspecified atom stereocenters. The molecule has 0 radical (unpaired) electrons. The predicted molar refractivity (Wildman–Crippen MR) is 71.2 cm³/mol. The Morgan fingerprint density at radius 3 is 2.74 bits per heavy atom. The molecular formula is C14H17FN4. The molecule has 0 amide bonds. The molecule has 1 aliphatic rings. The smallest absolute Gasteiger partial charge is 0.184 e. The fourth-order valence-electron chi connectivity index (χ4n) is 2.59. The van der Waals surface area contributed by atoms with Gasteiger partial charge < -0.3 is 5.32 Å². The minimum atomic E-state index is -0.273. The second-order valence-corrected chi connectivity index (χ2v) is 4.92. The Hall–Kier alpha value is -1.75. The van der Waals surface area contributed by atoms with Gasteiger partial charge in [-0.3, -0.25) is 4.68 Å². The molecule has 3 rings (SSSR count). The summed E-state index contributed by atoms with van der Waals surface area (Å²) in [5.74, 6) is 1.58. The van der Waals surface area contributed by atoms with Crippen molar-refractivity contribution in [2.24, 2.45) is 7.05 Å². The number of halogens is 1. The zero-order valence-electron chi connectivity index (χ0n) is 10.9. The summed E-state index contributed by atoms with van der Waals surface area (Å²) in [6.45, 7) is 2.01. The number of piperidine rings is 1. The van der Waals surface area contributed by atoms with Crippen LogP contribution in [-0.2, 0) is 7.05 Å². The van der Waals surface area contributed by atoms with Gasteiger partial charge in [0, 0.05) is 13.0 Å². The van der Waals surface area contributed by atoms with Gasteiger partial charge in [0.2, 0.25) is 0 Å². The van der Waals surface area contributed by atoms with Gasteiger partial charge in [0.25, 0.3) is 0 Å². The molecule has 100 valence electrons. The number of hydrogen-bond acceptors (Lipinski definition) is 3. The summed E-state index contributed by atoms with van der Waals surface area (Å²) >= 11 is 0. The van der Waals surface area contributed by atoms with E-state index >= 15 is 0 Å². The summed E-state index contributed by atoms with van der Waals surface area (Å²) in [6, 6.07) is 6.64. The standard InChI is InChI=1S/C14H17FN4/c1-19-14(10-6-8-16-9-7-10)17-13(18-19)11-4-2-3-5-12(11)15/h2-5,10,16H,6-9H2,1H3. The van der Waals surface area contributed by atoms with Crippen molar-refractivity contribution in [3.8, 4) is 11.4 Å². The summed E-state index contributed by atoms with van der Waals surface area (Å²) < 4.78 is 15.5. The van der Waals surface area contributed by atoms with Crippen molar-refractivity contribution in [1.82, 2.24) is 20.1 Å². The molecule has 1 aromatic heterocycles. The Bertz CT molecular complexity index is 573. The van der Waals surface area contributed by atoms with Gasteiger partial charge in [-0.05, 0) is 38.1 Å². The number of nitrogens with one attached hydrogen (secondary N) is 1. The number of nitrogens with zero attached hydrogens (tertiary/aromatic N) is 3. The average Bonchev–Trinajstić information content (AvgIpc) is 2.82. The Balaban J connectivity index is 1.95. The fourth-order valence-corrected chi connectivity index (χ4v) is 2.59. The van der Waals surface area contributed by atoms with Crippen molar-refractivity contribution >= 4 is 0 Å². The molecule has 1 fully saturated rings. The van der Waals surface area contributed by atoms with E-state index in [0.29, 0.717) is 17.3 Å². The molecule has 1 N–H and O–H groups in total. The summed E-state index contributed by atoms with van der Waals surface area (Å²) in [5, 5.41) is 7.70. The highest BCUT2D eigenvalue weighted by atomic mass is 19.1. The molecule has 0 spiro atoms. The van der Waals surface area contributed by atoms with Crippen LogP contribution in [0.4, 0.5) is 4.39 Å². The Morgan fingerprint density at radius 2 is 2.00 bits per heavy atom. The SMILES string of the molecule is Cn1nc(-c2ccccc2F)nc1C1CCNCC1. The van der Waals surface area contributed by atoms with E-state index in [2.05, 4.69) is 15.4 Å².